The van der Waals surface area contributed by atoms with E-state index in [0.29, 0.717) is 41.5 Å². The van der Waals surface area contributed by atoms with Gasteiger partial charge in [0, 0.05) is 35.8 Å². The second-order valence-corrected chi connectivity index (χ2v) is 15.0. The van der Waals surface area contributed by atoms with Crippen molar-refractivity contribution < 1.29 is 23.1 Å². The van der Waals surface area contributed by atoms with E-state index in [0.717, 1.165) is 12.8 Å². The number of carbonyl (C=O) groups is 2. The molecule has 4 rings (SSSR count). The standard InChI is InChI=1S/C32H45N3O5S/c1-21(2)34(6)24-13-14-28(23(18-24)20-41(39,40)25-10-8-7-9-11-25)35-17-16-27(31(35)38)33-30(37)22-12-15-29(36)26(19-22)32(3,4)5/h7-12,15,19,21,23-24,27-28,36H,13-14,16-18,20H2,1-6H3,(H,33,37)/t23-,24+,27-,28+/m0/s1. The van der Waals surface area contributed by atoms with Crippen LogP contribution >= 0.6 is 0 Å². The summed E-state index contributed by atoms with van der Waals surface area (Å²) in [6, 6.07) is 13.0. The lowest BCUT2D eigenvalue weighted by Crippen LogP contribution is -2.53. The van der Waals surface area contributed by atoms with E-state index in [2.05, 4.69) is 31.1 Å². The van der Waals surface area contributed by atoms with Crippen LogP contribution in [0.3, 0.4) is 0 Å². The van der Waals surface area contributed by atoms with Crippen molar-refractivity contribution in [2.24, 2.45) is 5.92 Å². The maximum Gasteiger partial charge on any atom is 0.251 e. The van der Waals surface area contributed by atoms with E-state index < -0.39 is 15.9 Å². The summed E-state index contributed by atoms with van der Waals surface area (Å²) in [6.07, 6.45) is 2.76. The van der Waals surface area contributed by atoms with Crippen molar-refractivity contribution >= 4 is 21.7 Å². The monoisotopic (exact) mass is 583 g/mol. The molecule has 2 N–H and O–H groups in total. The molecule has 2 aromatic carbocycles. The molecule has 1 saturated heterocycles. The molecule has 0 unspecified atom stereocenters. The molecule has 1 heterocycles. The molecular weight excluding hydrogens is 538 g/mol. The summed E-state index contributed by atoms with van der Waals surface area (Å²) in [6.45, 7) is 10.6. The molecule has 8 nitrogen and oxygen atoms in total. The molecule has 41 heavy (non-hydrogen) atoms. The number of sulfone groups is 1. The fourth-order valence-electron chi connectivity index (χ4n) is 6.29. The van der Waals surface area contributed by atoms with E-state index in [9.17, 15) is 23.1 Å². The van der Waals surface area contributed by atoms with Crippen LogP contribution in [0.5, 0.6) is 5.75 Å². The van der Waals surface area contributed by atoms with Gasteiger partial charge < -0.3 is 20.2 Å². The van der Waals surface area contributed by atoms with Gasteiger partial charge in [-0.05, 0) is 88.2 Å². The summed E-state index contributed by atoms with van der Waals surface area (Å²) < 4.78 is 26.9. The lowest BCUT2D eigenvalue weighted by atomic mass is 9.81. The highest BCUT2D eigenvalue weighted by Gasteiger charge is 2.44. The summed E-state index contributed by atoms with van der Waals surface area (Å²) in [5, 5.41) is 13.2. The van der Waals surface area contributed by atoms with Gasteiger partial charge in [-0.25, -0.2) is 8.42 Å². The number of phenolic OH excluding ortho intramolecular Hbond substituents is 1. The Kier molecular flexibility index (Phi) is 9.19. The van der Waals surface area contributed by atoms with Gasteiger partial charge in [0.15, 0.2) is 9.84 Å². The van der Waals surface area contributed by atoms with Crippen LogP contribution in [0, 0.1) is 5.92 Å². The fourth-order valence-corrected chi connectivity index (χ4v) is 7.98. The van der Waals surface area contributed by atoms with E-state index in [-0.39, 0.29) is 46.7 Å². The number of phenols is 1. The first kappa shape index (κ1) is 31.0. The van der Waals surface area contributed by atoms with Gasteiger partial charge in [-0.3, -0.25) is 9.59 Å². The minimum Gasteiger partial charge on any atom is -0.508 e. The summed E-state index contributed by atoms with van der Waals surface area (Å²) >= 11 is 0. The number of hydrogen-bond donors (Lipinski definition) is 2. The summed E-state index contributed by atoms with van der Waals surface area (Å²) in [4.78, 5) is 31.3. The number of nitrogens with zero attached hydrogens (tertiary/aromatic N) is 2. The average Bonchev–Trinajstić information content (AvgIpc) is 3.27. The fraction of sp³-hybridized carbons (Fsp3) is 0.562. The summed E-state index contributed by atoms with van der Waals surface area (Å²) in [5.74, 6) is -0.622. The van der Waals surface area contributed by atoms with E-state index in [1.807, 2.05) is 25.7 Å². The maximum absolute atomic E-state index is 13.7. The molecule has 0 bridgehead atoms. The Bertz CT molecular complexity index is 1350. The molecule has 4 atom stereocenters. The van der Waals surface area contributed by atoms with Crippen LogP contribution in [0.4, 0.5) is 0 Å². The predicted octanol–water partition coefficient (Wildman–Crippen LogP) is 4.37. The quantitative estimate of drug-likeness (QED) is 0.478. The van der Waals surface area contributed by atoms with E-state index >= 15 is 0 Å². The van der Waals surface area contributed by atoms with Crippen LogP contribution in [0.1, 0.15) is 76.2 Å². The van der Waals surface area contributed by atoms with E-state index in [4.69, 9.17) is 0 Å². The lowest BCUT2D eigenvalue weighted by Gasteiger charge is -2.44. The van der Waals surface area contributed by atoms with Gasteiger partial charge in [0.05, 0.1) is 10.6 Å². The Morgan fingerprint density at radius 1 is 1.10 bits per heavy atom. The molecule has 0 spiro atoms. The molecule has 2 fully saturated rings. The molecule has 1 aliphatic heterocycles. The minimum absolute atomic E-state index is 0.0198. The third-order valence-corrected chi connectivity index (χ3v) is 10.7. The normalized spacial score (nSPS) is 23.8. The first-order valence-corrected chi connectivity index (χ1v) is 16.3. The van der Waals surface area contributed by atoms with Crippen molar-refractivity contribution in [1.82, 2.24) is 15.1 Å². The smallest absolute Gasteiger partial charge is 0.251 e. The van der Waals surface area contributed by atoms with Gasteiger partial charge in [0.1, 0.15) is 11.8 Å². The molecule has 2 aromatic rings. The Labute approximate surface area is 245 Å². The maximum atomic E-state index is 13.7. The number of aromatic hydroxyl groups is 1. The predicted molar refractivity (Wildman–Crippen MR) is 161 cm³/mol. The highest BCUT2D eigenvalue weighted by atomic mass is 32.2. The molecule has 1 aliphatic carbocycles. The van der Waals surface area contributed by atoms with Crippen LogP contribution in [0.25, 0.3) is 0 Å². The van der Waals surface area contributed by atoms with Crippen LogP contribution in [-0.4, -0.2) is 78.7 Å². The molecule has 0 radical (unpaired) electrons. The molecular formula is C32H45N3O5S. The first-order valence-electron chi connectivity index (χ1n) is 14.6. The van der Waals surface area contributed by atoms with Crippen molar-refractivity contribution in [3.05, 3.63) is 59.7 Å². The topological polar surface area (TPSA) is 107 Å². The van der Waals surface area contributed by atoms with Crippen molar-refractivity contribution in [3.63, 3.8) is 0 Å². The molecule has 2 aliphatic rings. The van der Waals surface area contributed by atoms with E-state index in [1.165, 1.54) is 6.07 Å². The van der Waals surface area contributed by atoms with Crippen LogP contribution in [-0.2, 0) is 20.0 Å². The highest BCUT2D eigenvalue weighted by molar-refractivity contribution is 7.91. The summed E-state index contributed by atoms with van der Waals surface area (Å²) in [5.41, 5.74) is 0.705. The number of hydrogen-bond acceptors (Lipinski definition) is 6. The van der Waals surface area contributed by atoms with Crippen molar-refractivity contribution in [2.75, 3.05) is 19.3 Å². The third-order valence-electron chi connectivity index (χ3n) is 8.85. The second kappa shape index (κ2) is 12.1. The van der Waals surface area contributed by atoms with Gasteiger partial charge in [0.2, 0.25) is 5.91 Å². The van der Waals surface area contributed by atoms with E-state index in [1.54, 1.807) is 42.5 Å². The number of amides is 2. The van der Waals surface area contributed by atoms with Crippen molar-refractivity contribution in [2.45, 2.75) is 94.8 Å². The number of rotatable bonds is 8. The van der Waals surface area contributed by atoms with Crippen LogP contribution < -0.4 is 5.32 Å². The molecule has 0 aromatic heterocycles. The zero-order chi connectivity index (χ0) is 30.1. The number of benzene rings is 2. The van der Waals surface area contributed by atoms with Crippen molar-refractivity contribution in [3.8, 4) is 5.75 Å². The second-order valence-electron chi connectivity index (χ2n) is 13.0. The Balaban J connectivity index is 1.52. The molecule has 224 valence electrons. The Morgan fingerprint density at radius 2 is 1.78 bits per heavy atom. The highest BCUT2D eigenvalue weighted by Crippen LogP contribution is 2.36. The summed E-state index contributed by atoms with van der Waals surface area (Å²) in [7, 11) is -1.46. The molecule has 2 amide bonds. The van der Waals surface area contributed by atoms with Crippen LogP contribution in [0.15, 0.2) is 53.4 Å². The molecule has 9 heteroatoms. The number of carbonyl (C=O) groups excluding carboxylic acids is 2. The van der Waals surface area contributed by atoms with Gasteiger partial charge in [0.25, 0.3) is 5.91 Å². The SMILES string of the molecule is CC(C)N(C)[C@@H]1CC[C@@H](N2CC[C@H](NC(=O)c3ccc(O)c(C(C)(C)C)c3)C2=O)[C@H](CS(=O)(=O)c2ccccc2)C1. The van der Waals surface area contributed by atoms with Gasteiger partial charge in [-0.15, -0.1) is 0 Å². The Hall–Kier alpha value is -2.91. The zero-order valence-corrected chi connectivity index (χ0v) is 25.9. The first-order chi connectivity index (χ1) is 19.2. The Morgan fingerprint density at radius 3 is 2.41 bits per heavy atom. The van der Waals surface area contributed by atoms with Gasteiger partial charge in [-0.1, -0.05) is 39.0 Å². The van der Waals surface area contributed by atoms with Gasteiger partial charge in [-0.2, -0.15) is 0 Å². The largest absolute Gasteiger partial charge is 0.508 e. The third kappa shape index (κ3) is 6.95. The van der Waals surface area contributed by atoms with Crippen molar-refractivity contribution in [1.29, 1.82) is 0 Å². The lowest BCUT2D eigenvalue weighted by molar-refractivity contribution is -0.133. The number of nitrogens with one attached hydrogen (secondary N) is 1. The number of likely N-dealkylation sites (tertiary alicyclic amines) is 1. The molecule has 1 saturated carbocycles. The van der Waals surface area contributed by atoms with Gasteiger partial charge >= 0.3 is 0 Å². The zero-order valence-electron chi connectivity index (χ0n) is 25.1. The minimum atomic E-state index is -3.54. The van der Waals surface area contributed by atoms with Crippen LogP contribution in [0.2, 0.25) is 0 Å². The average molecular weight is 584 g/mol.